The minimum atomic E-state index is -0.578. The SMILES string of the molecule is COc1c(C2(N=C=O)CCCC2)ccc(F)c1C. The molecule has 0 amide bonds. The van der Waals surface area contributed by atoms with Crippen molar-refractivity contribution >= 4 is 6.08 Å². The highest BCUT2D eigenvalue weighted by atomic mass is 19.1. The first-order chi connectivity index (χ1) is 8.64. The minimum Gasteiger partial charge on any atom is -0.496 e. The molecule has 0 spiro atoms. The largest absolute Gasteiger partial charge is 0.496 e. The molecule has 3 nitrogen and oxygen atoms in total. The summed E-state index contributed by atoms with van der Waals surface area (Å²) in [6.07, 6.45) is 5.23. The summed E-state index contributed by atoms with van der Waals surface area (Å²) in [5.41, 5.74) is 0.679. The molecule has 0 aromatic heterocycles. The third-order valence-corrected chi connectivity index (χ3v) is 3.74. The van der Waals surface area contributed by atoms with Crippen LogP contribution < -0.4 is 4.74 Å². The number of methoxy groups -OCH3 is 1. The molecule has 0 atom stereocenters. The van der Waals surface area contributed by atoms with Crippen LogP contribution in [0.25, 0.3) is 0 Å². The molecule has 0 aliphatic heterocycles. The molecule has 1 fully saturated rings. The summed E-state index contributed by atoms with van der Waals surface area (Å²) in [6, 6.07) is 3.08. The highest BCUT2D eigenvalue weighted by Gasteiger charge is 2.38. The molecule has 2 rings (SSSR count). The van der Waals surface area contributed by atoms with Crippen LogP contribution in [0.1, 0.15) is 36.8 Å². The third-order valence-electron chi connectivity index (χ3n) is 3.74. The van der Waals surface area contributed by atoms with Gasteiger partial charge in [-0.15, -0.1) is 0 Å². The van der Waals surface area contributed by atoms with E-state index in [4.69, 9.17) is 4.74 Å². The van der Waals surface area contributed by atoms with E-state index in [2.05, 4.69) is 4.99 Å². The maximum Gasteiger partial charge on any atom is 0.235 e. The van der Waals surface area contributed by atoms with Gasteiger partial charge in [0.15, 0.2) is 0 Å². The second-order valence-electron chi connectivity index (χ2n) is 4.69. The first kappa shape index (κ1) is 12.8. The minimum absolute atomic E-state index is 0.307. The van der Waals surface area contributed by atoms with E-state index >= 15 is 0 Å². The van der Waals surface area contributed by atoms with Crippen LogP contribution in [0, 0.1) is 12.7 Å². The van der Waals surface area contributed by atoms with Crippen LogP contribution in [0.15, 0.2) is 17.1 Å². The fraction of sp³-hybridized carbons (Fsp3) is 0.500. The molecule has 1 aliphatic rings. The van der Waals surface area contributed by atoms with Crippen molar-refractivity contribution in [3.8, 4) is 5.75 Å². The molecule has 4 heteroatoms. The van der Waals surface area contributed by atoms with Crippen molar-refractivity contribution < 1.29 is 13.9 Å². The highest BCUT2D eigenvalue weighted by molar-refractivity contribution is 5.48. The van der Waals surface area contributed by atoms with Crippen LogP contribution >= 0.6 is 0 Å². The Morgan fingerprint density at radius 3 is 2.61 bits per heavy atom. The highest BCUT2D eigenvalue weighted by Crippen LogP contribution is 2.46. The summed E-state index contributed by atoms with van der Waals surface area (Å²) in [5.74, 6) is 0.190. The zero-order chi connectivity index (χ0) is 13.2. The normalized spacial score (nSPS) is 17.3. The molecule has 0 unspecified atom stereocenters. The number of benzene rings is 1. The molecule has 0 saturated heterocycles. The van der Waals surface area contributed by atoms with Crippen LogP contribution in [0.4, 0.5) is 4.39 Å². The Labute approximate surface area is 106 Å². The first-order valence-corrected chi connectivity index (χ1v) is 6.07. The molecule has 0 radical (unpaired) electrons. The Morgan fingerprint density at radius 1 is 1.39 bits per heavy atom. The van der Waals surface area contributed by atoms with Gasteiger partial charge in [0.1, 0.15) is 17.1 Å². The number of rotatable bonds is 3. The van der Waals surface area contributed by atoms with Crippen molar-refractivity contribution in [2.45, 2.75) is 38.1 Å². The quantitative estimate of drug-likeness (QED) is 0.609. The summed E-state index contributed by atoms with van der Waals surface area (Å²) in [5, 5.41) is 0. The van der Waals surface area contributed by atoms with E-state index in [1.807, 2.05) is 0 Å². The lowest BCUT2D eigenvalue weighted by atomic mass is 9.87. The lowest BCUT2D eigenvalue weighted by molar-refractivity contribution is 0.373. The molecule has 1 aromatic rings. The predicted molar refractivity (Wildman–Crippen MR) is 66.0 cm³/mol. The van der Waals surface area contributed by atoms with Gasteiger partial charge >= 0.3 is 0 Å². The van der Waals surface area contributed by atoms with Gasteiger partial charge in [-0.05, 0) is 31.9 Å². The van der Waals surface area contributed by atoms with Crippen LogP contribution in [-0.2, 0) is 10.3 Å². The van der Waals surface area contributed by atoms with E-state index in [1.165, 1.54) is 13.2 Å². The van der Waals surface area contributed by atoms with Gasteiger partial charge in [0, 0.05) is 11.1 Å². The Kier molecular flexibility index (Phi) is 3.48. The molecule has 0 N–H and O–H groups in total. The zero-order valence-corrected chi connectivity index (χ0v) is 10.6. The van der Waals surface area contributed by atoms with Crippen molar-refractivity contribution in [3.05, 3.63) is 29.1 Å². The number of carbonyl (C=O) groups excluding carboxylic acids is 1. The summed E-state index contributed by atoms with van der Waals surface area (Å²) in [4.78, 5) is 14.7. The summed E-state index contributed by atoms with van der Waals surface area (Å²) in [7, 11) is 1.51. The van der Waals surface area contributed by atoms with Gasteiger partial charge in [0.2, 0.25) is 6.08 Å². The van der Waals surface area contributed by atoms with E-state index in [-0.39, 0.29) is 5.82 Å². The second kappa shape index (κ2) is 4.91. The van der Waals surface area contributed by atoms with Crippen LogP contribution in [0.5, 0.6) is 5.75 Å². The molecule has 1 aromatic carbocycles. The first-order valence-electron chi connectivity index (χ1n) is 6.07. The standard InChI is InChI=1S/C14H16FNO2/c1-10-12(15)6-5-11(13(10)18-2)14(16-9-17)7-3-4-8-14/h5-6H,3-4,7-8H2,1-2H3. The smallest absolute Gasteiger partial charge is 0.235 e. The van der Waals surface area contributed by atoms with E-state index < -0.39 is 5.54 Å². The van der Waals surface area contributed by atoms with E-state index in [1.54, 1.807) is 19.1 Å². The molecule has 0 heterocycles. The van der Waals surface area contributed by atoms with Crippen molar-refractivity contribution in [3.63, 3.8) is 0 Å². The molecule has 0 bridgehead atoms. The number of hydrogen-bond donors (Lipinski definition) is 0. The van der Waals surface area contributed by atoms with E-state index in [9.17, 15) is 9.18 Å². The zero-order valence-electron chi connectivity index (χ0n) is 10.6. The summed E-state index contributed by atoms with van der Waals surface area (Å²) < 4.78 is 18.9. The van der Waals surface area contributed by atoms with Crippen molar-refractivity contribution in [1.29, 1.82) is 0 Å². The van der Waals surface area contributed by atoms with Crippen LogP contribution in [-0.4, -0.2) is 13.2 Å². The fourth-order valence-corrected chi connectivity index (χ4v) is 2.79. The monoisotopic (exact) mass is 249 g/mol. The molecule has 1 aliphatic carbocycles. The molecule has 1 saturated carbocycles. The Hall–Kier alpha value is -1.67. The molecule has 96 valence electrons. The molecule has 18 heavy (non-hydrogen) atoms. The lowest BCUT2D eigenvalue weighted by Crippen LogP contribution is -2.20. The fourth-order valence-electron chi connectivity index (χ4n) is 2.79. The number of nitrogens with zero attached hydrogens (tertiary/aromatic N) is 1. The summed E-state index contributed by atoms with van der Waals surface area (Å²) in [6.45, 7) is 1.67. The number of ether oxygens (including phenoxy) is 1. The van der Waals surface area contributed by atoms with Gasteiger partial charge in [-0.2, -0.15) is 4.99 Å². The summed E-state index contributed by atoms with van der Waals surface area (Å²) >= 11 is 0. The van der Waals surface area contributed by atoms with Crippen molar-refractivity contribution in [2.24, 2.45) is 4.99 Å². The topological polar surface area (TPSA) is 38.7 Å². The molecular weight excluding hydrogens is 233 g/mol. The maximum absolute atomic E-state index is 13.6. The maximum atomic E-state index is 13.6. The van der Waals surface area contributed by atoms with E-state index in [0.717, 1.165) is 31.2 Å². The Bertz CT molecular complexity index is 501. The van der Waals surface area contributed by atoms with Gasteiger partial charge in [0.25, 0.3) is 0 Å². The van der Waals surface area contributed by atoms with E-state index in [0.29, 0.717) is 11.3 Å². The van der Waals surface area contributed by atoms with Gasteiger partial charge in [-0.1, -0.05) is 12.8 Å². The van der Waals surface area contributed by atoms with Crippen LogP contribution in [0.3, 0.4) is 0 Å². The number of aliphatic imine (C=N–C) groups is 1. The van der Waals surface area contributed by atoms with Gasteiger partial charge in [-0.3, -0.25) is 0 Å². The average Bonchev–Trinajstić information content (AvgIpc) is 2.82. The number of halogens is 1. The second-order valence-corrected chi connectivity index (χ2v) is 4.69. The number of hydrogen-bond acceptors (Lipinski definition) is 3. The Morgan fingerprint density at radius 2 is 2.06 bits per heavy atom. The lowest BCUT2D eigenvalue weighted by Gasteiger charge is -2.26. The predicted octanol–water partition coefficient (Wildman–Crippen LogP) is 3.25. The van der Waals surface area contributed by atoms with Crippen molar-refractivity contribution in [2.75, 3.05) is 7.11 Å². The third kappa shape index (κ3) is 1.93. The van der Waals surface area contributed by atoms with Gasteiger partial charge in [-0.25, -0.2) is 9.18 Å². The van der Waals surface area contributed by atoms with Crippen LogP contribution in [0.2, 0.25) is 0 Å². The van der Waals surface area contributed by atoms with Gasteiger partial charge in [0.05, 0.1) is 7.11 Å². The van der Waals surface area contributed by atoms with Crippen molar-refractivity contribution in [1.82, 2.24) is 0 Å². The van der Waals surface area contributed by atoms with Gasteiger partial charge < -0.3 is 4.74 Å². The Balaban J connectivity index is 2.62. The number of isocyanates is 1. The average molecular weight is 249 g/mol. The molecular formula is C14H16FNO2.